The third kappa shape index (κ3) is 4.43. The highest BCUT2D eigenvalue weighted by molar-refractivity contribution is 7.99. The first-order valence-corrected chi connectivity index (χ1v) is 11.5. The molecule has 6 nitrogen and oxygen atoms in total. The minimum atomic E-state index is -0.486. The van der Waals surface area contributed by atoms with Gasteiger partial charge in [-0.25, -0.2) is 4.79 Å². The number of esters is 1. The molecule has 5 rings (SSSR count). The SMILES string of the molecule is COc1cccc(CN2C(=O)c3ccccc3Sc3ccc(C(=O)OCc4ccco4)cc32)c1. The Morgan fingerprint density at radius 1 is 0.971 bits per heavy atom. The van der Waals surface area contributed by atoms with Crippen molar-refractivity contribution in [2.24, 2.45) is 0 Å². The van der Waals surface area contributed by atoms with Gasteiger partial charge in [-0.05, 0) is 60.2 Å². The molecule has 0 unspecified atom stereocenters. The van der Waals surface area contributed by atoms with Crippen LogP contribution in [0.25, 0.3) is 0 Å². The largest absolute Gasteiger partial charge is 0.497 e. The first-order chi connectivity index (χ1) is 16.6. The fourth-order valence-electron chi connectivity index (χ4n) is 3.77. The molecule has 0 saturated carbocycles. The van der Waals surface area contributed by atoms with Crippen LogP contribution in [0.4, 0.5) is 5.69 Å². The third-order valence-corrected chi connectivity index (χ3v) is 6.61. The highest BCUT2D eigenvalue weighted by atomic mass is 32.2. The number of carbonyl (C=O) groups is 2. The average Bonchev–Trinajstić information content (AvgIpc) is 3.36. The predicted molar refractivity (Wildman–Crippen MR) is 128 cm³/mol. The van der Waals surface area contributed by atoms with E-state index in [2.05, 4.69) is 0 Å². The Morgan fingerprint density at radius 3 is 2.68 bits per heavy atom. The van der Waals surface area contributed by atoms with E-state index >= 15 is 0 Å². The van der Waals surface area contributed by atoms with E-state index in [0.717, 1.165) is 15.4 Å². The molecule has 1 amide bonds. The van der Waals surface area contributed by atoms with Crippen molar-refractivity contribution in [3.05, 3.63) is 108 Å². The van der Waals surface area contributed by atoms with Crippen LogP contribution in [0.15, 0.2) is 99.3 Å². The number of rotatable bonds is 6. The van der Waals surface area contributed by atoms with Gasteiger partial charge in [-0.1, -0.05) is 36.0 Å². The molecule has 1 aromatic heterocycles. The van der Waals surface area contributed by atoms with Crippen LogP contribution >= 0.6 is 11.8 Å². The lowest BCUT2D eigenvalue weighted by molar-refractivity contribution is 0.0445. The fraction of sp³-hybridized carbons (Fsp3) is 0.111. The van der Waals surface area contributed by atoms with Crippen LogP contribution in [-0.2, 0) is 17.9 Å². The summed E-state index contributed by atoms with van der Waals surface area (Å²) in [6.07, 6.45) is 1.53. The third-order valence-electron chi connectivity index (χ3n) is 5.47. The minimum Gasteiger partial charge on any atom is -0.497 e. The number of nitrogens with zero attached hydrogens (tertiary/aromatic N) is 1. The van der Waals surface area contributed by atoms with E-state index in [1.165, 1.54) is 18.0 Å². The lowest BCUT2D eigenvalue weighted by Gasteiger charge is -2.24. The van der Waals surface area contributed by atoms with Gasteiger partial charge >= 0.3 is 5.97 Å². The smallest absolute Gasteiger partial charge is 0.338 e. The maximum Gasteiger partial charge on any atom is 0.338 e. The standard InChI is InChI=1S/C27H21NO5S/c1-31-20-7-4-6-18(14-20)16-28-23-15-19(27(30)33-17-21-8-5-13-32-21)11-12-25(23)34-24-10-3-2-9-22(24)26(28)29/h2-15H,16-17H2,1H3. The van der Waals surface area contributed by atoms with E-state index in [1.807, 2.05) is 54.6 Å². The van der Waals surface area contributed by atoms with Gasteiger partial charge in [0, 0.05) is 9.79 Å². The molecule has 170 valence electrons. The molecule has 0 fully saturated rings. The van der Waals surface area contributed by atoms with E-state index < -0.39 is 5.97 Å². The summed E-state index contributed by atoms with van der Waals surface area (Å²) >= 11 is 1.51. The minimum absolute atomic E-state index is 0.0373. The Balaban J connectivity index is 1.52. The number of hydrogen-bond donors (Lipinski definition) is 0. The number of benzene rings is 3. The quantitative estimate of drug-likeness (QED) is 0.323. The molecule has 0 aliphatic carbocycles. The summed E-state index contributed by atoms with van der Waals surface area (Å²) < 4.78 is 16.0. The number of fused-ring (bicyclic) bond motifs is 2. The molecule has 34 heavy (non-hydrogen) atoms. The van der Waals surface area contributed by atoms with E-state index in [1.54, 1.807) is 36.3 Å². The summed E-state index contributed by atoms with van der Waals surface area (Å²) in [5, 5.41) is 0. The molecular weight excluding hydrogens is 450 g/mol. The molecule has 0 atom stereocenters. The monoisotopic (exact) mass is 471 g/mol. The summed E-state index contributed by atoms with van der Waals surface area (Å²) in [6, 6.07) is 23.9. The highest BCUT2D eigenvalue weighted by Gasteiger charge is 2.28. The average molecular weight is 472 g/mol. The summed E-state index contributed by atoms with van der Waals surface area (Å²) in [5.74, 6) is 0.652. The maximum absolute atomic E-state index is 13.7. The zero-order valence-corrected chi connectivity index (χ0v) is 19.2. The second-order valence-corrected chi connectivity index (χ2v) is 8.76. The van der Waals surface area contributed by atoms with Gasteiger partial charge in [0.1, 0.15) is 18.1 Å². The van der Waals surface area contributed by atoms with Crippen molar-refractivity contribution in [2.45, 2.75) is 22.9 Å². The van der Waals surface area contributed by atoms with Crippen LogP contribution in [0.5, 0.6) is 5.75 Å². The zero-order chi connectivity index (χ0) is 23.5. The van der Waals surface area contributed by atoms with Crippen LogP contribution in [-0.4, -0.2) is 19.0 Å². The molecule has 1 aliphatic rings. The molecule has 0 radical (unpaired) electrons. The molecule has 0 saturated heterocycles. The summed E-state index contributed by atoms with van der Waals surface area (Å²) in [7, 11) is 1.61. The van der Waals surface area contributed by atoms with Crippen LogP contribution in [0.2, 0.25) is 0 Å². The molecule has 3 aromatic carbocycles. The van der Waals surface area contributed by atoms with Gasteiger partial charge in [-0.2, -0.15) is 0 Å². The first-order valence-electron chi connectivity index (χ1n) is 10.7. The summed E-state index contributed by atoms with van der Waals surface area (Å²) in [4.78, 5) is 29.9. The number of ether oxygens (including phenoxy) is 2. The first kappa shape index (κ1) is 21.9. The molecule has 0 spiro atoms. The molecule has 7 heteroatoms. The number of hydrogen-bond acceptors (Lipinski definition) is 6. The lowest BCUT2D eigenvalue weighted by Crippen LogP contribution is -2.30. The second-order valence-electron chi connectivity index (χ2n) is 7.68. The van der Waals surface area contributed by atoms with Gasteiger partial charge in [0.25, 0.3) is 5.91 Å². The van der Waals surface area contributed by atoms with Gasteiger partial charge in [-0.15, -0.1) is 0 Å². The van der Waals surface area contributed by atoms with Crippen LogP contribution in [0.1, 0.15) is 32.0 Å². The van der Waals surface area contributed by atoms with Crippen LogP contribution < -0.4 is 9.64 Å². The lowest BCUT2D eigenvalue weighted by atomic mass is 10.1. The molecular formula is C27H21NO5S. The number of amides is 1. The molecule has 0 N–H and O–H groups in total. The van der Waals surface area contributed by atoms with E-state index in [0.29, 0.717) is 34.9 Å². The number of carbonyl (C=O) groups excluding carboxylic acids is 2. The molecule has 4 aromatic rings. The van der Waals surface area contributed by atoms with Crippen molar-refractivity contribution < 1.29 is 23.5 Å². The van der Waals surface area contributed by atoms with E-state index in [9.17, 15) is 9.59 Å². The molecule has 0 bridgehead atoms. The van der Waals surface area contributed by atoms with Crippen LogP contribution in [0, 0.1) is 0 Å². The van der Waals surface area contributed by atoms with Gasteiger partial charge in [0.15, 0.2) is 0 Å². The van der Waals surface area contributed by atoms with Crippen molar-refractivity contribution in [3.8, 4) is 5.75 Å². The van der Waals surface area contributed by atoms with Crippen molar-refractivity contribution >= 4 is 29.3 Å². The predicted octanol–water partition coefficient (Wildman–Crippen LogP) is 5.96. The van der Waals surface area contributed by atoms with Crippen molar-refractivity contribution in [1.29, 1.82) is 0 Å². The summed E-state index contributed by atoms with van der Waals surface area (Å²) in [6.45, 7) is 0.360. The van der Waals surface area contributed by atoms with E-state index in [-0.39, 0.29) is 12.5 Å². The fourth-order valence-corrected chi connectivity index (χ4v) is 4.83. The number of anilines is 1. The second kappa shape index (κ2) is 9.49. The normalized spacial score (nSPS) is 12.5. The summed E-state index contributed by atoms with van der Waals surface area (Å²) in [5.41, 5.74) is 2.55. The van der Waals surface area contributed by atoms with Crippen LogP contribution in [0.3, 0.4) is 0 Å². The van der Waals surface area contributed by atoms with Gasteiger partial charge in [0.05, 0.1) is 36.7 Å². The van der Waals surface area contributed by atoms with Gasteiger partial charge in [-0.3, -0.25) is 4.79 Å². The van der Waals surface area contributed by atoms with Crippen molar-refractivity contribution in [1.82, 2.24) is 0 Å². The molecule has 1 aliphatic heterocycles. The highest BCUT2D eigenvalue weighted by Crippen LogP contribution is 2.42. The van der Waals surface area contributed by atoms with Crippen molar-refractivity contribution in [2.75, 3.05) is 12.0 Å². The molecule has 2 heterocycles. The Kier molecular flexibility index (Phi) is 6.10. The Bertz CT molecular complexity index is 1350. The van der Waals surface area contributed by atoms with Crippen molar-refractivity contribution in [3.63, 3.8) is 0 Å². The Labute approximate surface area is 201 Å². The Hall–Kier alpha value is -3.97. The van der Waals surface area contributed by atoms with E-state index in [4.69, 9.17) is 13.9 Å². The Morgan fingerprint density at radius 2 is 1.85 bits per heavy atom. The zero-order valence-electron chi connectivity index (χ0n) is 18.4. The number of furan rings is 1. The topological polar surface area (TPSA) is 69.0 Å². The number of methoxy groups -OCH3 is 1. The van der Waals surface area contributed by atoms with Gasteiger partial charge < -0.3 is 18.8 Å². The van der Waals surface area contributed by atoms with Gasteiger partial charge in [0.2, 0.25) is 0 Å². The maximum atomic E-state index is 13.7.